The number of thiophene rings is 1. The summed E-state index contributed by atoms with van der Waals surface area (Å²) in [7, 11) is 3.22. The number of carbonyl (C=O) groups is 4. The number of aromatic nitrogens is 2. The first-order valence-electron chi connectivity index (χ1n) is 17.6. The average molecular weight is 873 g/mol. The summed E-state index contributed by atoms with van der Waals surface area (Å²) in [5.41, 5.74) is 2.30. The predicted molar refractivity (Wildman–Crippen MR) is 215 cm³/mol. The van der Waals surface area contributed by atoms with Crippen LogP contribution < -0.4 is 14.5 Å². The SMILES string of the molecule is COc1cc(O)ccc1[C@H]1C2=CC[C@@H]3C(=O)N(c4ccc(I)cc4)C(=O)[C@@H]3[C@@H]2C[C@H]2C(=O)N(c3cc(-c4sc5ccc(Cl)cc5c4C)nn3C)C(=O)[C@@]12C. The molecule has 0 unspecified atom stereocenters. The number of imide groups is 2. The number of hydrogen-bond acceptors (Lipinski definition) is 8. The first-order chi connectivity index (χ1) is 25.8. The number of methoxy groups -OCH3 is 1. The Labute approximate surface area is 333 Å². The van der Waals surface area contributed by atoms with E-state index in [0.29, 0.717) is 40.0 Å². The number of rotatable bonds is 5. The van der Waals surface area contributed by atoms with Crippen LogP contribution in [0.15, 0.2) is 78.4 Å². The van der Waals surface area contributed by atoms with Crippen molar-refractivity contribution in [3.8, 4) is 22.1 Å². The van der Waals surface area contributed by atoms with Crippen molar-refractivity contribution in [2.45, 2.75) is 32.6 Å². The van der Waals surface area contributed by atoms with Crippen LogP contribution in [0.1, 0.15) is 36.8 Å². The van der Waals surface area contributed by atoms with Gasteiger partial charge in [0, 0.05) is 44.0 Å². The van der Waals surface area contributed by atoms with Crippen LogP contribution in [0.4, 0.5) is 11.5 Å². The smallest absolute Gasteiger partial charge is 0.242 e. The van der Waals surface area contributed by atoms with Gasteiger partial charge in [0.1, 0.15) is 23.0 Å². The van der Waals surface area contributed by atoms with E-state index in [4.69, 9.17) is 21.4 Å². The number of amides is 4. The van der Waals surface area contributed by atoms with Crippen LogP contribution in [0.5, 0.6) is 11.5 Å². The number of anilines is 2. The van der Waals surface area contributed by atoms with E-state index in [1.165, 1.54) is 23.0 Å². The lowest BCUT2D eigenvalue weighted by Crippen LogP contribution is -2.49. The molecule has 1 N–H and O–H groups in total. The fourth-order valence-electron chi connectivity index (χ4n) is 9.58. The van der Waals surface area contributed by atoms with Gasteiger partial charge < -0.3 is 9.84 Å². The Balaban J connectivity index is 1.16. The molecule has 2 aliphatic heterocycles. The number of aromatic hydroxyl groups is 1. The summed E-state index contributed by atoms with van der Waals surface area (Å²) in [6.07, 6.45) is 2.53. The fourth-order valence-corrected chi connectivity index (χ4v) is 11.3. The molecule has 5 aromatic rings. The van der Waals surface area contributed by atoms with Crippen molar-refractivity contribution < 1.29 is 29.0 Å². The quantitative estimate of drug-likeness (QED) is 0.108. The zero-order valence-corrected chi connectivity index (χ0v) is 33.4. The average Bonchev–Trinajstić information content (AvgIpc) is 3.82. The largest absolute Gasteiger partial charge is 0.508 e. The monoisotopic (exact) mass is 872 g/mol. The fraction of sp³-hybridized carbons (Fsp3) is 0.293. The third-order valence-electron chi connectivity index (χ3n) is 12.1. The number of carbonyl (C=O) groups excluding carboxylic acids is 4. The number of phenols is 1. The molecule has 2 saturated heterocycles. The van der Waals surface area contributed by atoms with Crippen molar-refractivity contribution >= 4 is 90.7 Å². The number of nitrogens with zero attached hydrogens (tertiary/aromatic N) is 4. The maximum Gasteiger partial charge on any atom is 0.242 e. The van der Waals surface area contributed by atoms with Crippen molar-refractivity contribution in [1.82, 2.24) is 9.78 Å². The Morgan fingerprint density at radius 3 is 2.46 bits per heavy atom. The molecule has 10 nitrogen and oxygen atoms in total. The molecule has 2 aromatic heterocycles. The van der Waals surface area contributed by atoms with Crippen molar-refractivity contribution in [3.63, 3.8) is 0 Å². The minimum Gasteiger partial charge on any atom is -0.508 e. The normalized spacial score (nSPS) is 26.3. The van der Waals surface area contributed by atoms with Crippen LogP contribution in [0, 0.1) is 39.6 Å². The van der Waals surface area contributed by atoms with E-state index in [2.05, 4.69) is 22.6 Å². The van der Waals surface area contributed by atoms with Gasteiger partial charge in [-0.1, -0.05) is 29.3 Å². The number of halogens is 2. The van der Waals surface area contributed by atoms with Crippen LogP contribution >= 0.6 is 45.5 Å². The van der Waals surface area contributed by atoms with Gasteiger partial charge in [-0.2, -0.15) is 5.10 Å². The molecular weight excluding hydrogens is 839 g/mol. The van der Waals surface area contributed by atoms with Crippen molar-refractivity contribution in [2.24, 2.45) is 36.1 Å². The molecule has 0 radical (unpaired) electrons. The van der Waals surface area contributed by atoms with Crippen LogP contribution in [0.2, 0.25) is 5.02 Å². The van der Waals surface area contributed by atoms with Gasteiger partial charge in [-0.3, -0.25) is 28.8 Å². The Kier molecular flexibility index (Phi) is 8.15. The number of allylic oxidation sites excluding steroid dienone is 2. The second-order valence-electron chi connectivity index (χ2n) is 14.8. The number of benzene rings is 3. The van der Waals surface area contributed by atoms with Crippen molar-refractivity contribution in [3.05, 3.63) is 98.1 Å². The molecule has 4 amide bonds. The van der Waals surface area contributed by atoms with Gasteiger partial charge in [-0.05, 0) is 115 Å². The van der Waals surface area contributed by atoms with E-state index in [0.717, 1.165) is 29.7 Å². The minimum absolute atomic E-state index is 0.0104. The summed E-state index contributed by atoms with van der Waals surface area (Å²) in [6.45, 7) is 3.84. The molecule has 54 heavy (non-hydrogen) atoms. The standard InChI is InChI=1S/C41H34ClIN4O6S/c1-19-27-15-20(42)5-14-32(27)54-36(19)30-18-33(45(3)44-30)47-38(50)29-17-28-24(35(41(29,2)40(47)52)25-11-10-23(48)16-31(25)53-4)12-13-26-34(28)39(51)46(37(26)49)22-8-6-21(43)7-9-22/h5-12,14-16,18,26,28-29,34-35,48H,13,17H2,1-4H3/t26-,28+,29-,34-,35+,41+/m0/s1. The molecule has 3 aromatic carbocycles. The summed E-state index contributed by atoms with van der Waals surface area (Å²) < 4.78 is 9.40. The van der Waals surface area contributed by atoms with E-state index in [9.17, 15) is 19.5 Å². The van der Waals surface area contributed by atoms with Gasteiger partial charge in [0.2, 0.25) is 23.6 Å². The maximum absolute atomic E-state index is 15.2. The zero-order valence-electron chi connectivity index (χ0n) is 29.7. The lowest BCUT2D eigenvalue weighted by Gasteiger charge is -2.49. The first-order valence-corrected chi connectivity index (χ1v) is 19.9. The topological polar surface area (TPSA) is 122 Å². The van der Waals surface area contributed by atoms with Gasteiger partial charge in [0.25, 0.3) is 0 Å². The van der Waals surface area contributed by atoms with Crippen LogP contribution in [0.25, 0.3) is 20.7 Å². The van der Waals surface area contributed by atoms with Crippen molar-refractivity contribution in [2.75, 3.05) is 16.9 Å². The number of phenolic OH excluding ortho intramolecular Hbond substituents is 1. The molecule has 13 heteroatoms. The molecular formula is C41H34ClIN4O6S. The lowest BCUT2D eigenvalue weighted by atomic mass is 9.51. The molecule has 4 heterocycles. The molecule has 0 spiro atoms. The van der Waals surface area contributed by atoms with Gasteiger partial charge >= 0.3 is 0 Å². The van der Waals surface area contributed by atoms with E-state index >= 15 is 4.79 Å². The summed E-state index contributed by atoms with van der Waals surface area (Å²) in [5, 5.41) is 16.9. The van der Waals surface area contributed by atoms with Gasteiger partial charge in [-0.25, -0.2) is 4.90 Å². The predicted octanol–water partition coefficient (Wildman–Crippen LogP) is 8.02. The molecule has 3 fully saturated rings. The highest BCUT2D eigenvalue weighted by Crippen LogP contribution is 2.64. The Morgan fingerprint density at radius 1 is 0.963 bits per heavy atom. The van der Waals surface area contributed by atoms with Gasteiger partial charge in [0.15, 0.2) is 0 Å². The molecule has 4 aliphatic rings. The highest BCUT2D eigenvalue weighted by atomic mass is 127. The van der Waals surface area contributed by atoms with Gasteiger partial charge in [-0.15, -0.1) is 11.3 Å². The summed E-state index contributed by atoms with van der Waals surface area (Å²) in [4.78, 5) is 61.9. The second kappa shape index (κ2) is 12.5. The highest BCUT2D eigenvalue weighted by molar-refractivity contribution is 14.1. The van der Waals surface area contributed by atoms with Crippen molar-refractivity contribution in [1.29, 1.82) is 0 Å². The van der Waals surface area contributed by atoms with Crippen LogP contribution in [-0.2, 0) is 26.2 Å². The number of ether oxygens (including phenoxy) is 1. The molecule has 0 bridgehead atoms. The number of fused-ring (bicyclic) bond motifs is 5. The zero-order chi connectivity index (χ0) is 38.0. The summed E-state index contributed by atoms with van der Waals surface area (Å²) >= 11 is 10.1. The van der Waals surface area contributed by atoms with E-state index in [-0.39, 0.29) is 35.8 Å². The number of hydrogen-bond donors (Lipinski definition) is 1. The molecule has 1 saturated carbocycles. The molecule has 9 rings (SSSR count). The van der Waals surface area contributed by atoms with E-state index in [1.54, 1.807) is 53.4 Å². The van der Waals surface area contributed by atoms with Gasteiger partial charge in [0.05, 0.1) is 40.8 Å². The van der Waals surface area contributed by atoms with E-state index in [1.807, 2.05) is 50.3 Å². The Hall–Kier alpha value is -4.53. The summed E-state index contributed by atoms with van der Waals surface area (Å²) in [6, 6.07) is 19.6. The Morgan fingerprint density at radius 2 is 1.72 bits per heavy atom. The molecule has 274 valence electrons. The first kappa shape index (κ1) is 35.2. The number of aryl methyl sites for hydroxylation is 2. The molecule has 2 aliphatic carbocycles. The third-order valence-corrected chi connectivity index (χ3v) is 14.4. The Bertz CT molecular complexity index is 2510. The summed E-state index contributed by atoms with van der Waals surface area (Å²) in [5.74, 6) is -3.98. The minimum atomic E-state index is -1.30. The maximum atomic E-state index is 15.2. The second-order valence-corrected chi connectivity index (χ2v) is 17.5. The van der Waals surface area contributed by atoms with Crippen LogP contribution in [-0.4, -0.2) is 45.6 Å². The highest BCUT2D eigenvalue weighted by Gasteiger charge is 2.68. The lowest BCUT2D eigenvalue weighted by molar-refractivity contribution is -0.131. The van der Waals surface area contributed by atoms with Crippen LogP contribution in [0.3, 0.4) is 0 Å². The third kappa shape index (κ3) is 4.91. The molecule has 6 atom stereocenters. The van der Waals surface area contributed by atoms with E-state index < -0.39 is 35.0 Å².